The van der Waals surface area contributed by atoms with Crippen LogP contribution in [0.2, 0.25) is 0 Å². The summed E-state index contributed by atoms with van der Waals surface area (Å²) >= 11 is 0. The van der Waals surface area contributed by atoms with E-state index in [0.717, 1.165) is 0 Å². The second-order valence-corrected chi connectivity index (χ2v) is 6.63. The van der Waals surface area contributed by atoms with E-state index in [1.165, 1.54) is 0 Å². The van der Waals surface area contributed by atoms with E-state index in [4.69, 9.17) is 46.5 Å². The monoisotopic (exact) mass is 496 g/mol. The summed E-state index contributed by atoms with van der Waals surface area (Å²) in [6.45, 7) is 6.95. The normalized spacial score (nSPS) is 11.7. The molecule has 0 saturated carbocycles. The SMILES string of the molecule is CC(C)[C@H](N)C(=O)[O-].CC(C)[C@H](N)C(=O)[O-].O=S(=O)([O-])[O-].O=S(=O)([O-])[O-].[Mg+2].[Mg+2].[Mg+2]. The number of rotatable bonds is 4. The van der Waals surface area contributed by atoms with E-state index in [0.29, 0.717) is 0 Å². The summed E-state index contributed by atoms with van der Waals surface area (Å²) in [5, 5.41) is 19.8. The van der Waals surface area contributed by atoms with Crippen LogP contribution in [0.25, 0.3) is 0 Å². The molecule has 4 N–H and O–H groups in total. The van der Waals surface area contributed by atoms with Gasteiger partial charge in [0.25, 0.3) is 0 Å². The van der Waals surface area contributed by atoms with Gasteiger partial charge in [-0.25, -0.2) is 0 Å². The van der Waals surface area contributed by atoms with Crippen molar-refractivity contribution in [2.45, 2.75) is 39.8 Å². The molecule has 14 nitrogen and oxygen atoms in total. The number of carbonyl (C=O) groups excluding carboxylic acids is 2. The molecule has 0 aromatic carbocycles. The van der Waals surface area contributed by atoms with Gasteiger partial charge in [0.2, 0.25) is 0 Å². The van der Waals surface area contributed by atoms with Crippen molar-refractivity contribution in [2.75, 3.05) is 0 Å². The summed E-state index contributed by atoms with van der Waals surface area (Å²) in [5.41, 5.74) is 10.2. The van der Waals surface area contributed by atoms with E-state index in [2.05, 4.69) is 0 Å². The molecule has 160 valence electrons. The van der Waals surface area contributed by atoms with Crippen LogP contribution in [0.1, 0.15) is 27.7 Å². The summed E-state index contributed by atoms with van der Waals surface area (Å²) in [7, 11) is -10.3. The minimum Gasteiger partial charge on any atom is -0.759 e. The van der Waals surface area contributed by atoms with Crippen LogP contribution in [0.4, 0.5) is 0 Å². The van der Waals surface area contributed by atoms with Gasteiger partial charge in [-0.15, -0.1) is 0 Å². The Bertz CT molecular complexity index is 543. The van der Waals surface area contributed by atoms with Gasteiger partial charge >= 0.3 is 69.2 Å². The van der Waals surface area contributed by atoms with E-state index >= 15 is 0 Å². The maximum atomic E-state index is 9.90. The van der Waals surface area contributed by atoms with Crippen molar-refractivity contribution in [3.05, 3.63) is 0 Å². The van der Waals surface area contributed by atoms with Gasteiger partial charge < -0.3 is 49.5 Å². The van der Waals surface area contributed by atoms with Gasteiger partial charge in [0.15, 0.2) is 0 Å². The quantitative estimate of drug-likeness (QED) is 0.207. The molecule has 29 heavy (non-hydrogen) atoms. The second kappa shape index (κ2) is 23.6. The number of carboxylic acid groups (broad SMARTS) is 2. The molecule has 0 saturated heterocycles. The van der Waals surface area contributed by atoms with E-state index in [1.54, 1.807) is 27.7 Å². The summed E-state index contributed by atoms with van der Waals surface area (Å²) in [6.07, 6.45) is 0. The number of hydrogen-bond donors (Lipinski definition) is 2. The Morgan fingerprint density at radius 3 is 0.724 bits per heavy atom. The third kappa shape index (κ3) is 73.2. The van der Waals surface area contributed by atoms with Gasteiger partial charge in [-0.05, 0) is 11.8 Å². The zero-order valence-electron chi connectivity index (χ0n) is 16.3. The first kappa shape index (κ1) is 47.6. The van der Waals surface area contributed by atoms with Crippen molar-refractivity contribution in [1.82, 2.24) is 0 Å². The van der Waals surface area contributed by atoms with Crippen LogP contribution in [0.5, 0.6) is 0 Å². The van der Waals surface area contributed by atoms with Gasteiger partial charge in [-0.3, -0.25) is 16.8 Å². The Labute approximate surface area is 218 Å². The average molecular weight is 497 g/mol. The Balaban J connectivity index is -0.0000000440. The topological polar surface area (TPSA) is 293 Å². The fourth-order valence-electron chi connectivity index (χ4n) is 0.544. The molecule has 0 bridgehead atoms. The molecule has 0 fully saturated rings. The van der Waals surface area contributed by atoms with Crippen molar-refractivity contribution in [3.63, 3.8) is 0 Å². The summed E-state index contributed by atoms with van der Waals surface area (Å²) in [4.78, 5) is 19.8. The molecule has 0 spiro atoms. The first-order chi connectivity index (χ1) is 11.1. The second-order valence-electron chi connectivity index (χ2n) is 4.99. The van der Waals surface area contributed by atoms with Gasteiger partial charge in [-0.2, -0.15) is 0 Å². The summed E-state index contributed by atoms with van der Waals surface area (Å²) < 4.78 is 68.2. The maximum absolute atomic E-state index is 9.90. The third-order valence-corrected chi connectivity index (χ3v) is 1.98. The smallest absolute Gasteiger partial charge is 0.759 e. The van der Waals surface area contributed by atoms with Crippen LogP contribution in [0, 0.1) is 11.8 Å². The average Bonchev–Trinajstić information content (AvgIpc) is 2.32. The van der Waals surface area contributed by atoms with E-state index < -0.39 is 44.8 Å². The van der Waals surface area contributed by atoms with E-state index in [-0.39, 0.29) is 81.0 Å². The van der Waals surface area contributed by atoms with Crippen molar-refractivity contribution in [1.29, 1.82) is 0 Å². The number of carboxylic acids is 2. The Hall–Kier alpha value is 0.899. The molecule has 0 aliphatic carbocycles. The molecule has 0 aromatic heterocycles. The van der Waals surface area contributed by atoms with Gasteiger partial charge in [0.1, 0.15) is 0 Å². The fourth-order valence-corrected chi connectivity index (χ4v) is 0.544. The van der Waals surface area contributed by atoms with Gasteiger partial charge in [0.05, 0.1) is 11.9 Å². The van der Waals surface area contributed by atoms with Gasteiger partial charge in [0, 0.05) is 32.9 Å². The Kier molecular flexibility index (Phi) is 38.7. The molecule has 0 heterocycles. The van der Waals surface area contributed by atoms with Crippen LogP contribution in [0.3, 0.4) is 0 Å². The molecule has 0 aliphatic rings. The third-order valence-electron chi connectivity index (χ3n) is 1.98. The molecule has 19 heteroatoms. The molecule has 0 radical (unpaired) electrons. The molecular weight excluding hydrogens is 477 g/mol. The van der Waals surface area contributed by atoms with Crippen molar-refractivity contribution in [2.24, 2.45) is 23.3 Å². The number of aliphatic carboxylic acids is 2. The first-order valence-electron chi connectivity index (χ1n) is 6.37. The molecule has 0 amide bonds. The Morgan fingerprint density at radius 1 is 0.621 bits per heavy atom. The van der Waals surface area contributed by atoms with Gasteiger partial charge in [-0.1, -0.05) is 27.7 Å². The molecule has 0 rings (SSSR count). The molecule has 0 aliphatic heterocycles. The zero-order chi connectivity index (χ0) is 22.5. The fraction of sp³-hybridized carbons (Fsp3) is 0.800. The zero-order valence-corrected chi connectivity index (χ0v) is 22.2. The van der Waals surface area contributed by atoms with Crippen molar-refractivity contribution >= 4 is 102 Å². The first-order valence-corrected chi connectivity index (χ1v) is 9.04. The minimum atomic E-state index is -5.17. The van der Waals surface area contributed by atoms with Crippen LogP contribution < -0.4 is 21.7 Å². The maximum Gasteiger partial charge on any atom is 2.00 e. The molecule has 0 unspecified atom stereocenters. The summed E-state index contributed by atoms with van der Waals surface area (Å²) in [6, 6.07) is -1.65. The molecule has 2 atom stereocenters. The number of hydrogen-bond acceptors (Lipinski definition) is 14. The minimum absolute atomic E-state index is 0. The van der Waals surface area contributed by atoms with Crippen LogP contribution in [-0.2, 0) is 30.4 Å². The number of carbonyl (C=O) groups is 2. The Morgan fingerprint density at radius 2 is 0.724 bits per heavy atom. The number of nitrogens with two attached hydrogens (primary N) is 2. The predicted octanol–water partition coefficient (Wildman–Crippen LogP) is -6.38. The van der Waals surface area contributed by atoms with Crippen LogP contribution in [0.15, 0.2) is 0 Å². The summed E-state index contributed by atoms with van der Waals surface area (Å²) in [5.74, 6) is -2.44. The van der Waals surface area contributed by atoms with Crippen molar-refractivity contribution < 1.29 is 54.8 Å². The largest absolute Gasteiger partial charge is 2.00 e. The molecule has 0 aromatic rings. The van der Waals surface area contributed by atoms with Crippen molar-refractivity contribution in [3.8, 4) is 0 Å². The standard InChI is InChI=1S/2C5H11NO2.3Mg.2H2O4S/c2*1-3(2)4(6)5(7)8;;;;2*1-5(2,3)4/h2*3-4H,6H2,1-2H3,(H,7,8);;;;2*(H2,1,2,3,4)/q;;3*+2;;/p-6/t2*4-;;;;;/m00...../s1. The van der Waals surface area contributed by atoms with Crippen LogP contribution in [-0.4, -0.2) is 128 Å². The van der Waals surface area contributed by atoms with Crippen LogP contribution >= 0.6 is 0 Å². The molecular formula is C10H20Mg3N2O12S2. The van der Waals surface area contributed by atoms with E-state index in [1.807, 2.05) is 0 Å². The predicted molar refractivity (Wildman–Crippen MR) is 93.9 cm³/mol. The van der Waals surface area contributed by atoms with E-state index in [9.17, 15) is 19.8 Å².